The van der Waals surface area contributed by atoms with E-state index in [0.29, 0.717) is 64.6 Å². The summed E-state index contributed by atoms with van der Waals surface area (Å²) in [4.78, 5) is 15.2. The molecule has 0 radical (unpaired) electrons. The van der Waals surface area contributed by atoms with Gasteiger partial charge in [-0.05, 0) is 159 Å². The average molecular weight is 685 g/mol. The number of fused-ring (bicyclic) bond motifs is 10. The first-order valence-electron chi connectivity index (χ1n) is 21.1. The predicted octanol–water partition coefficient (Wildman–Crippen LogP) is 8.75. The van der Waals surface area contributed by atoms with Crippen LogP contribution in [0.4, 0.5) is 0 Å². The van der Waals surface area contributed by atoms with Crippen molar-refractivity contribution in [1.29, 1.82) is 0 Å². The number of carbonyl (C=O) groups is 1. The number of hydrogen-bond acceptors (Lipinski definition) is 5. The summed E-state index contributed by atoms with van der Waals surface area (Å²) in [5, 5.41) is 4.36. The maximum absolute atomic E-state index is 12.5. The van der Waals surface area contributed by atoms with E-state index in [4.69, 9.17) is 9.47 Å². The smallest absolute Gasteiger partial charge is 0.309 e. The maximum atomic E-state index is 12.5. The number of morpholine rings is 1. The highest BCUT2D eigenvalue weighted by Gasteiger charge is 2.71. The number of rotatable bonds is 8. The van der Waals surface area contributed by atoms with Crippen molar-refractivity contribution in [3.63, 3.8) is 0 Å². The van der Waals surface area contributed by atoms with Crippen molar-refractivity contribution in [3.05, 3.63) is 35.5 Å². The number of esters is 1. The van der Waals surface area contributed by atoms with Gasteiger partial charge in [-0.1, -0.05) is 58.9 Å². The van der Waals surface area contributed by atoms with E-state index in [2.05, 4.69) is 70.5 Å². The van der Waals surface area contributed by atoms with Crippen LogP contribution >= 0.6 is 0 Å². The standard InChI is InChI=1S/C45H68N2O3/c1-9-49-40(48)38-32-22-28(23-33(32)38)34-13-15-42(6)36(41(34,4)5)14-16-44(8)37(42)11-10-35-39-31(27(2)3)12-17-45(39,19-18-43(35,44)7)46-20-21-47-25-30-24-29(47)26-50-30/h13,22,29-33,35-39,46H,2,9-12,14-21,23-26H2,1,3-8H3/t29-,30-,31-,32?,33?,35+,36-,37+,38?,39+,42-,43+,44+,45-/m0/s1. The minimum atomic E-state index is 0.0325. The monoisotopic (exact) mass is 685 g/mol. The summed E-state index contributed by atoms with van der Waals surface area (Å²) in [5.74, 6) is 4.66. The topological polar surface area (TPSA) is 50.8 Å². The van der Waals surface area contributed by atoms with Crippen LogP contribution in [0, 0.1) is 69.0 Å². The number of hydrogen-bond donors (Lipinski definition) is 1. The Labute approximate surface area is 303 Å². The molecule has 2 bridgehead atoms. The zero-order valence-corrected chi connectivity index (χ0v) is 32.6. The van der Waals surface area contributed by atoms with Crippen LogP contribution in [0.2, 0.25) is 0 Å². The lowest BCUT2D eigenvalue weighted by atomic mass is 9.33. The quantitative estimate of drug-likeness (QED) is 0.205. The molecular weight excluding hydrogens is 617 g/mol. The van der Waals surface area contributed by atoms with Crippen LogP contribution < -0.4 is 5.32 Å². The Morgan fingerprint density at radius 1 is 1.04 bits per heavy atom. The van der Waals surface area contributed by atoms with Crippen molar-refractivity contribution < 1.29 is 14.3 Å². The Hall–Kier alpha value is -1.43. The van der Waals surface area contributed by atoms with Crippen molar-refractivity contribution in [2.24, 2.45) is 69.0 Å². The number of ether oxygens (including phenoxy) is 2. The Morgan fingerprint density at radius 3 is 2.54 bits per heavy atom. The fourth-order valence-electron chi connectivity index (χ4n) is 16.0. The van der Waals surface area contributed by atoms with Gasteiger partial charge in [-0.25, -0.2) is 0 Å². The first-order valence-corrected chi connectivity index (χ1v) is 21.1. The van der Waals surface area contributed by atoms with Crippen LogP contribution in [-0.2, 0) is 14.3 Å². The summed E-state index contributed by atoms with van der Waals surface area (Å²) in [6, 6.07) is 0.656. The molecule has 2 saturated heterocycles. The summed E-state index contributed by atoms with van der Waals surface area (Å²) >= 11 is 0. The third-order valence-corrected chi connectivity index (χ3v) is 18.5. The summed E-state index contributed by atoms with van der Waals surface area (Å²) in [6.07, 6.45) is 20.1. The molecule has 50 heavy (non-hydrogen) atoms. The molecule has 3 unspecified atom stereocenters. The molecule has 276 valence electrons. The summed E-state index contributed by atoms with van der Waals surface area (Å²) in [7, 11) is 0. The molecule has 0 spiro atoms. The van der Waals surface area contributed by atoms with E-state index in [9.17, 15) is 4.79 Å². The van der Waals surface area contributed by atoms with Crippen molar-refractivity contribution >= 4 is 5.97 Å². The second-order valence-corrected chi connectivity index (χ2v) is 20.6. The Kier molecular flexibility index (Phi) is 7.92. The zero-order chi connectivity index (χ0) is 35.0. The maximum Gasteiger partial charge on any atom is 0.309 e. The Balaban J connectivity index is 0.960. The van der Waals surface area contributed by atoms with Crippen molar-refractivity contribution in [3.8, 4) is 0 Å². The normalized spacial score (nSPS) is 51.1. The van der Waals surface area contributed by atoms with Crippen LogP contribution in [0.1, 0.15) is 119 Å². The van der Waals surface area contributed by atoms with E-state index in [1.807, 2.05) is 6.92 Å². The molecule has 2 heterocycles. The van der Waals surface area contributed by atoms with E-state index in [1.165, 1.54) is 76.3 Å². The second-order valence-electron chi connectivity index (χ2n) is 20.6. The lowest BCUT2D eigenvalue weighted by Gasteiger charge is -2.72. The van der Waals surface area contributed by atoms with E-state index in [-0.39, 0.29) is 22.8 Å². The van der Waals surface area contributed by atoms with Gasteiger partial charge in [-0.15, -0.1) is 0 Å². The average Bonchev–Trinajstić information content (AvgIpc) is 3.58. The number of nitrogens with zero attached hydrogens (tertiary/aromatic N) is 1. The molecule has 0 aromatic carbocycles. The molecule has 5 nitrogen and oxygen atoms in total. The minimum absolute atomic E-state index is 0.0325. The van der Waals surface area contributed by atoms with Crippen molar-refractivity contribution in [1.82, 2.24) is 10.2 Å². The van der Waals surface area contributed by atoms with Crippen LogP contribution in [0.3, 0.4) is 0 Å². The van der Waals surface area contributed by atoms with Gasteiger partial charge in [0.15, 0.2) is 0 Å². The van der Waals surface area contributed by atoms with Crippen molar-refractivity contribution in [2.45, 2.75) is 137 Å². The number of carbonyl (C=O) groups excluding carboxylic acids is 1. The third-order valence-electron chi connectivity index (χ3n) is 18.5. The number of likely N-dealkylation sites (tertiary alicyclic amines) is 1. The van der Waals surface area contributed by atoms with E-state index in [1.54, 1.807) is 11.1 Å². The molecule has 0 aromatic heterocycles. The summed E-state index contributed by atoms with van der Waals surface area (Å²) in [6.45, 7) is 27.3. The van der Waals surface area contributed by atoms with Crippen LogP contribution in [0.15, 0.2) is 35.5 Å². The lowest BCUT2D eigenvalue weighted by molar-refractivity contribution is -0.221. The van der Waals surface area contributed by atoms with Gasteiger partial charge in [0.05, 0.1) is 25.2 Å². The van der Waals surface area contributed by atoms with Crippen LogP contribution in [0.5, 0.6) is 0 Å². The van der Waals surface area contributed by atoms with Gasteiger partial charge in [0.1, 0.15) is 0 Å². The molecule has 0 amide bonds. The van der Waals surface area contributed by atoms with Gasteiger partial charge < -0.3 is 14.8 Å². The summed E-state index contributed by atoms with van der Waals surface area (Å²) in [5.41, 5.74) is 6.14. The highest BCUT2D eigenvalue weighted by atomic mass is 16.5. The summed E-state index contributed by atoms with van der Waals surface area (Å²) < 4.78 is 11.3. The molecule has 14 atom stereocenters. The first-order chi connectivity index (χ1) is 23.8. The molecule has 1 N–H and O–H groups in total. The third kappa shape index (κ3) is 4.63. The van der Waals surface area contributed by atoms with Crippen LogP contribution in [0.25, 0.3) is 0 Å². The molecule has 5 saturated carbocycles. The number of allylic oxidation sites excluding steroid dienone is 5. The molecule has 2 aliphatic heterocycles. The zero-order valence-electron chi connectivity index (χ0n) is 32.6. The lowest BCUT2D eigenvalue weighted by Crippen LogP contribution is -2.68. The van der Waals surface area contributed by atoms with Gasteiger partial charge in [0, 0.05) is 31.2 Å². The van der Waals surface area contributed by atoms with Gasteiger partial charge >= 0.3 is 5.97 Å². The Morgan fingerprint density at radius 2 is 1.86 bits per heavy atom. The number of nitrogens with one attached hydrogen (secondary N) is 1. The fourth-order valence-corrected chi connectivity index (χ4v) is 16.0. The molecule has 5 heteroatoms. The van der Waals surface area contributed by atoms with Gasteiger partial charge in [-0.3, -0.25) is 9.69 Å². The molecule has 9 rings (SSSR count). The largest absolute Gasteiger partial charge is 0.466 e. The van der Waals surface area contributed by atoms with Gasteiger partial charge in [0.2, 0.25) is 0 Å². The van der Waals surface area contributed by atoms with Gasteiger partial charge in [0.25, 0.3) is 0 Å². The molecule has 7 fully saturated rings. The predicted molar refractivity (Wildman–Crippen MR) is 200 cm³/mol. The molecule has 0 aromatic rings. The molecular formula is C45H68N2O3. The van der Waals surface area contributed by atoms with E-state index >= 15 is 0 Å². The fraction of sp³-hybridized carbons (Fsp3) is 0.844. The van der Waals surface area contributed by atoms with Crippen LogP contribution in [-0.4, -0.2) is 61.4 Å². The second kappa shape index (κ2) is 11.5. The van der Waals surface area contributed by atoms with Crippen molar-refractivity contribution in [2.75, 3.05) is 32.8 Å². The Bertz CT molecular complexity index is 1500. The minimum Gasteiger partial charge on any atom is -0.466 e. The first kappa shape index (κ1) is 34.3. The molecule has 7 aliphatic carbocycles. The SMILES string of the molecule is C=C(C)[C@@H]1CC[C@]2(NCCN3C[C@@H]4C[C@H]3CO4)CC[C@]3(C)[C@H](CC[C@@H]4[C@@]5(C)CC=C(C6=CC7C(C6)C7C(=O)OCC)C(C)(C)[C@@H]5CC[C@]43C)[C@@H]12. The van der Waals surface area contributed by atoms with E-state index < -0.39 is 0 Å². The molecule has 9 aliphatic rings. The van der Waals surface area contributed by atoms with E-state index in [0.717, 1.165) is 38.0 Å². The highest BCUT2D eigenvalue weighted by molar-refractivity contribution is 5.78. The highest BCUT2D eigenvalue weighted by Crippen LogP contribution is 2.77. The van der Waals surface area contributed by atoms with Gasteiger partial charge in [-0.2, -0.15) is 0 Å².